The number of hydrogen-bond acceptors (Lipinski definition) is 5. The third-order valence-electron chi connectivity index (χ3n) is 2.92. The molecule has 1 amide bonds. The molecular weight excluding hydrogens is 292 g/mol. The van der Waals surface area contributed by atoms with Crippen molar-refractivity contribution in [3.63, 3.8) is 0 Å². The van der Waals surface area contributed by atoms with E-state index in [9.17, 15) is 19.7 Å². The number of aliphatic carboxylic acids is 1. The molecule has 0 aliphatic rings. The Kier molecular flexibility index (Phi) is 4.52. The van der Waals surface area contributed by atoms with E-state index in [1.54, 1.807) is 6.07 Å². The van der Waals surface area contributed by atoms with E-state index in [2.05, 4.69) is 5.32 Å². The third-order valence-corrected chi connectivity index (χ3v) is 2.92. The van der Waals surface area contributed by atoms with Crippen LogP contribution in [0.15, 0.2) is 47.1 Å². The van der Waals surface area contributed by atoms with E-state index in [4.69, 9.17) is 9.52 Å². The number of rotatable bonds is 6. The van der Waals surface area contributed by atoms with E-state index in [-0.39, 0.29) is 17.0 Å². The van der Waals surface area contributed by atoms with E-state index in [0.29, 0.717) is 0 Å². The zero-order valence-corrected chi connectivity index (χ0v) is 11.3. The third kappa shape index (κ3) is 3.48. The van der Waals surface area contributed by atoms with Gasteiger partial charge in [-0.15, -0.1) is 0 Å². The number of nitro groups is 1. The molecule has 0 spiro atoms. The van der Waals surface area contributed by atoms with Crippen molar-refractivity contribution < 1.29 is 24.0 Å². The Balaban J connectivity index is 2.25. The predicted molar refractivity (Wildman–Crippen MR) is 74.3 cm³/mol. The van der Waals surface area contributed by atoms with Crippen LogP contribution in [0, 0.1) is 10.1 Å². The van der Waals surface area contributed by atoms with Crippen LogP contribution in [0.5, 0.6) is 0 Å². The molecule has 0 radical (unpaired) electrons. The zero-order chi connectivity index (χ0) is 16.1. The molecule has 1 heterocycles. The highest BCUT2D eigenvalue weighted by Crippen LogP contribution is 2.21. The van der Waals surface area contributed by atoms with E-state index < -0.39 is 29.3 Å². The van der Waals surface area contributed by atoms with Crippen molar-refractivity contribution in [3.8, 4) is 0 Å². The maximum atomic E-state index is 12.2. The van der Waals surface area contributed by atoms with Gasteiger partial charge in [0.05, 0.1) is 23.6 Å². The first-order chi connectivity index (χ1) is 10.5. The molecule has 0 aliphatic carbocycles. The number of nitrogens with zero attached hydrogens (tertiary/aromatic N) is 1. The Morgan fingerprint density at radius 1 is 1.27 bits per heavy atom. The quantitative estimate of drug-likeness (QED) is 0.622. The van der Waals surface area contributed by atoms with Crippen LogP contribution >= 0.6 is 0 Å². The van der Waals surface area contributed by atoms with Crippen LogP contribution in [0.4, 0.5) is 5.69 Å². The fourth-order valence-corrected chi connectivity index (χ4v) is 1.95. The van der Waals surface area contributed by atoms with Gasteiger partial charge in [-0.2, -0.15) is 0 Å². The minimum atomic E-state index is -1.13. The number of carbonyl (C=O) groups excluding carboxylic acids is 1. The molecular formula is C14H12N2O6. The van der Waals surface area contributed by atoms with Gasteiger partial charge in [0, 0.05) is 6.07 Å². The van der Waals surface area contributed by atoms with Gasteiger partial charge >= 0.3 is 5.97 Å². The maximum absolute atomic E-state index is 12.2. The molecule has 2 aromatic rings. The topological polar surface area (TPSA) is 123 Å². The monoisotopic (exact) mass is 304 g/mol. The van der Waals surface area contributed by atoms with Gasteiger partial charge in [-0.05, 0) is 18.2 Å². The molecule has 22 heavy (non-hydrogen) atoms. The molecule has 8 heteroatoms. The summed E-state index contributed by atoms with van der Waals surface area (Å²) in [7, 11) is 0. The second-order valence-electron chi connectivity index (χ2n) is 4.41. The van der Waals surface area contributed by atoms with E-state index in [1.165, 1.54) is 36.6 Å². The lowest BCUT2D eigenvalue weighted by Gasteiger charge is -2.14. The van der Waals surface area contributed by atoms with Gasteiger partial charge in [-0.3, -0.25) is 19.7 Å². The maximum Gasteiger partial charge on any atom is 0.305 e. The number of para-hydroxylation sites is 1. The molecule has 0 bridgehead atoms. The summed E-state index contributed by atoms with van der Waals surface area (Å²) in [5.41, 5.74) is -0.497. The van der Waals surface area contributed by atoms with Crippen molar-refractivity contribution in [2.45, 2.75) is 12.5 Å². The highest BCUT2D eigenvalue weighted by atomic mass is 16.6. The number of furan rings is 1. The van der Waals surface area contributed by atoms with Crippen molar-refractivity contribution in [2.75, 3.05) is 0 Å². The number of benzene rings is 1. The van der Waals surface area contributed by atoms with Crippen LogP contribution in [0.25, 0.3) is 0 Å². The van der Waals surface area contributed by atoms with Crippen LogP contribution in [0.3, 0.4) is 0 Å². The van der Waals surface area contributed by atoms with Crippen molar-refractivity contribution in [2.24, 2.45) is 0 Å². The Labute approximate surface area is 124 Å². The lowest BCUT2D eigenvalue weighted by molar-refractivity contribution is -0.385. The van der Waals surface area contributed by atoms with E-state index >= 15 is 0 Å². The number of carbonyl (C=O) groups is 2. The normalized spacial score (nSPS) is 11.6. The van der Waals surface area contributed by atoms with Gasteiger partial charge < -0.3 is 14.8 Å². The summed E-state index contributed by atoms with van der Waals surface area (Å²) in [6.45, 7) is 0. The van der Waals surface area contributed by atoms with Gasteiger partial charge in [-0.1, -0.05) is 12.1 Å². The molecule has 2 N–H and O–H groups in total. The molecule has 1 aromatic carbocycles. The molecule has 1 unspecified atom stereocenters. The van der Waals surface area contributed by atoms with Crippen molar-refractivity contribution in [3.05, 3.63) is 64.1 Å². The Bertz CT molecular complexity index is 695. The first-order valence-corrected chi connectivity index (χ1v) is 6.28. The number of carboxylic acid groups (broad SMARTS) is 1. The number of carboxylic acids is 1. The average molecular weight is 304 g/mol. The highest BCUT2D eigenvalue weighted by Gasteiger charge is 2.25. The van der Waals surface area contributed by atoms with Crippen LogP contribution in [-0.2, 0) is 4.79 Å². The molecule has 1 atom stereocenters. The van der Waals surface area contributed by atoms with E-state index in [0.717, 1.165) is 0 Å². The SMILES string of the molecule is O=C(O)CC(NC(=O)c1ccccc1[N+](=O)[O-])c1ccco1. The molecule has 114 valence electrons. The molecule has 8 nitrogen and oxygen atoms in total. The van der Waals surface area contributed by atoms with Crippen LogP contribution < -0.4 is 5.32 Å². The highest BCUT2D eigenvalue weighted by molar-refractivity contribution is 5.98. The number of nitrogens with one attached hydrogen (secondary N) is 1. The summed E-state index contributed by atoms with van der Waals surface area (Å²) in [5.74, 6) is -1.62. The summed E-state index contributed by atoms with van der Waals surface area (Å²) < 4.78 is 5.10. The number of hydrogen-bond donors (Lipinski definition) is 2. The molecule has 0 aliphatic heterocycles. The number of amides is 1. The van der Waals surface area contributed by atoms with Crippen molar-refractivity contribution >= 4 is 17.6 Å². The van der Waals surface area contributed by atoms with Gasteiger partial charge in [0.25, 0.3) is 11.6 Å². The van der Waals surface area contributed by atoms with E-state index in [1.807, 2.05) is 0 Å². The molecule has 0 fully saturated rings. The first-order valence-electron chi connectivity index (χ1n) is 6.28. The minimum Gasteiger partial charge on any atom is -0.481 e. The lowest BCUT2D eigenvalue weighted by Crippen LogP contribution is -2.30. The van der Waals surface area contributed by atoms with Gasteiger partial charge in [0.1, 0.15) is 11.3 Å². The Morgan fingerprint density at radius 3 is 2.59 bits per heavy atom. The summed E-state index contributed by atoms with van der Waals surface area (Å²) in [6, 6.07) is 7.59. The zero-order valence-electron chi connectivity index (χ0n) is 11.3. The van der Waals surface area contributed by atoms with Crippen molar-refractivity contribution in [1.82, 2.24) is 5.32 Å². The fraction of sp³-hybridized carbons (Fsp3) is 0.143. The van der Waals surface area contributed by atoms with Gasteiger partial charge in [-0.25, -0.2) is 0 Å². The van der Waals surface area contributed by atoms with Gasteiger partial charge in [0.2, 0.25) is 0 Å². The fourth-order valence-electron chi connectivity index (χ4n) is 1.95. The lowest BCUT2D eigenvalue weighted by atomic mass is 10.1. The van der Waals surface area contributed by atoms with Crippen LogP contribution in [-0.4, -0.2) is 21.9 Å². The Hall–Kier alpha value is -3.16. The second kappa shape index (κ2) is 6.53. The molecule has 2 rings (SSSR count). The molecule has 0 saturated heterocycles. The largest absolute Gasteiger partial charge is 0.481 e. The van der Waals surface area contributed by atoms with Crippen LogP contribution in [0.2, 0.25) is 0 Å². The Morgan fingerprint density at radius 2 is 2.00 bits per heavy atom. The molecule has 0 saturated carbocycles. The smallest absolute Gasteiger partial charge is 0.305 e. The summed E-state index contributed by atoms with van der Waals surface area (Å²) in [4.78, 5) is 33.4. The molecule has 1 aromatic heterocycles. The minimum absolute atomic E-state index is 0.144. The summed E-state index contributed by atoms with van der Waals surface area (Å²) in [5, 5.41) is 22.3. The predicted octanol–water partition coefficient (Wildman–Crippen LogP) is 2.13. The standard InChI is InChI=1S/C14H12N2O6/c17-13(18)8-10(12-6-3-7-22-12)15-14(19)9-4-1-2-5-11(9)16(20)21/h1-7,10H,8H2,(H,15,19)(H,17,18). The number of nitro benzene ring substituents is 1. The summed E-state index contributed by atoms with van der Waals surface area (Å²) in [6.07, 6.45) is 0.946. The van der Waals surface area contributed by atoms with Gasteiger partial charge in [0.15, 0.2) is 0 Å². The second-order valence-corrected chi connectivity index (χ2v) is 4.41. The summed E-state index contributed by atoms with van der Waals surface area (Å²) >= 11 is 0. The van der Waals surface area contributed by atoms with Crippen molar-refractivity contribution in [1.29, 1.82) is 0 Å². The first kappa shape index (κ1) is 15.2. The van der Waals surface area contributed by atoms with Crippen LogP contribution in [0.1, 0.15) is 28.6 Å². The average Bonchev–Trinajstić information content (AvgIpc) is 3.00.